The van der Waals surface area contributed by atoms with Crippen molar-refractivity contribution in [3.63, 3.8) is 0 Å². The molecule has 0 aliphatic heterocycles. The van der Waals surface area contributed by atoms with Crippen molar-refractivity contribution in [1.29, 1.82) is 0 Å². The molecule has 0 spiro atoms. The molecule has 1 rings (SSSR count). The Morgan fingerprint density at radius 3 is 2.62 bits per heavy atom. The van der Waals surface area contributed by atoms with Crippen LogP contribution in [0, 0.1) is 0 Å². The van der Waals surface area contributed by atoms with Crippen LogP contribution in [0.3, 0.4) is 0 Å². The molecule has 0 radical (unpaired) electrons. The zero-order chi connectivity index (χ0) is 9.90. The van der Waals surface area contributed by atoms with E-state index >= 15 is 0 Å². The molecule has 0 amide bonds. The maximum Gasteiger partial charge on any atom is 0.281 e. The summed E-state index contributed by atoms with van der Waals surface area (Å²) in [5.74, 6) is 0. The Balaban J connectivity index is 3.32. The predicted octanol–water partition coefficient (Wildman–Crippen LogP) is 0.888. The molecule has 0 aliphatic rings. The Morgan fingerprint density at radius 1 is 1.38 bits per heavy atom. The van der Waals surface area contributed by atoms with Crippen LogP contribution in [0.4, 0.5) is 0 Å². The van der Waals surface area contributed by atoms with Gasteiger partial charge in [-0.2, -0.15) is 12.8 Å². The molecule has 0 unspecified atom stereocenters. The van der Waals surface area contributed by atoms with Crippen LogP contribution >= 0.6 is 0 Å². The van der Waals surface area contributed by atoms with Gasteiger partial charge in [0.1, 0.15) is 6.29 Å². The van der Waals surface area contributed by atoms with Gasteiger partial charge in [-0.15, -0.1) is 0 Å². The van der Waals surface area contributed by atoms with Crippen molar-refractivity contribution >= 4 is 23.0 Å². The molecule has 0 atom stereocenters. The molecular formula is C8H7NO3S. The first-order valence-electron chi connectivity index (χ1n) is 3.38. The predicted molar refractivity (Wildman–Crippen MR) is 48.6 cm³/mol. The second-order valence-corrected chi connectivity index (χ2v) is 3.97. The number of hydrogen-bond acceptors (Lipinski definition) is 3. The maximum absolute atomic E-state index is 11.1. The van der Waals surface area contributed by atoms with Crippen LogP contribution in [0.2, 0.25) is 0 Å². The van der Waals surface area contributed by atoms with Crippen molar-refractivity contribution in [3.05, 3.63) is 29.8 Å². The van der Waals surface area contributed by atoms with Gasteiger partial charge in [0.25, 0.3) is 10.0 Å². The molecule has 68 valence electrons. The smallest absolute Gasteiger partial charge is 0.281 e. The summed E-state index contributed by atoms with van der Waals surface area (Å²) in [4.78, 5) is 10.3. The van der Waals surface area contributed by atoms with Crippen molar-refractivity contribution in [2.45, 2.75) is 4.90 Å². The Hall–Kier alpha value is -1.49. The highest BCUT2D eigenvalue weighted by Crippen LogP contribution is 2.12. The molecule has 0 fully saturated rings. The molecule has 0 saturated carbocycles. The minimum atomic E-state index is -3.68. The van der Waals surface area contributed by atoms with Crippen LogP contribution in [0.1, 0.15) is 10.4 Å². The van der Waals surface area contributed by atoms with Gasteiger partial charge in [-0.25, -0.2) is 0 Å². The molecule has 0 N–H and O–H groups in total. The van der Waals surface area contributed by atoms with Crippen molar-refractivity contribution < 1.29 is 13.2 Å². The monoisotopic (exact) mass is 197 g/mol. The lowest BCUT2D eigenvalue weighted by Crippen LogP contribution is -1.96. The molecule has 0 aliphatic carbocycles. The second kappa shape index (κ2) is 3.49. The topological polar surface area (TPSA) is 63.6 Å². The molecule has 1 aromatic carbocycles. The normalized spacial score (nSPS) is 10.8. The van der Waals surface area contributed by atoms with E-state index in [1.165, 1.54) is 24.3 Å². The standard InChI is InChI=1S/C8H7NO3S/c1-9-13(11,12)8-4-2-3-7(5-8)6-10/h2-6H,1H2. The lowest BCUT2D eigenvalue weighted by atomic mass is 10.2. The number of hydrogen-bond donors (Lipinski definition) is 0. The summed E-state index contributed by atoms with van der Waals surface area (Å²) in [5, 5.41) is 0. The van der Waals surface area contributed by atoms with Gasteiger partial charge >= 0.3 is 0 Å². The first-order chi connectivity index (χ1) is 6.10. The van der Waals surface area contributed by atoms with E-state index in [1.807, 2.05) is 0 Å². The molecule has 5 heteroatoms. The largest absolute Gasteiger partial charge is 0.298 e. The van der Waals surface area contributed by atoms with Gasteiger partial charge in [-0.1, -0.05) is 12.1 Å². The van der Waals surface area contributed by atoms with Crippen molar-refractivity contribution in [3.8, 4) is 0 Å². The van der Waals surface area contributed by atoms with Crippen LogP contribution in [-0.4, -0.2) is 21.4 Å². The van der Waals surface area contributed by atoms with Gasteiger partial charge in [-0.3, -0.25) is 4.79 Å². The molecule has 4 nitrogen and oxygen atoms in total. The summed E-state index contributed by atoms with van der Waals surface area (Å²) < 4.78 is 25.2. The molecule has 1 aromatic rings. The van der Waals surface area contributed by atoms with Crippen LogP contribution < -0.4 is 0 Å². The quantitative estimate of drug-likeness (QED) is 0.534. The first-order valence-corrected chi connectivity index (χ1v) is 4.82. The van der Waals surface area contributed by atoms with E-state index in [0.717, 1.165) is 0 Å². The number of aldehydes is 1. The molecule has 13 heavy (non-hydrogen) atoms. The fraction of sp³-hybridized carbons (Fsp3) is 0. The van der Waals surface area contributed by atoms with Crippen molar-refractivity contribution in [2.24, 2.45) is 4.40 Å². The number of rotatable bonds is 3. The Morgan fingerprint density at radius 2 is 2.08 bits per heavy atom. The number of carbonyl (C=O) groups is 1. The van der Waals surface area contributed by atoms with E-state index in [4.69, 9.17) is 0 Å². The van der Waals surface area contributed by atoms with Gasteiger partial charge in [0.05, 0.1) is 4.90 Å². The Kier molecular flexibility index (Phi) is 2.57. The minimum Gasteiger partial charge on any atom is -0.298 e. The van der Waals surface area contributed by atoms with Gasteiger partial charge < -0.3 is 0 Å². The van der Waals surface area contributed by atoms with E-state index in [1.54, 1.807) is 0 Å². The molecular weight excluding hydrogens is 190 g/mol. The van der Waals surface area contributed by atoms with Gasteiger partial charge in [0.2, 0.25) is 0 Å². The lowest BCUT2D eigenvalue weighted by molar-refractivity contribution is 0.112. The molecule has 0 bridgehead atoms. The van der Waals surface area contributed by atoms with Crippen molar-refractivity contribution in [1.82, 2.24) is 0 Å². The van der Waals surface area contributed by atoms with Crippen LogP contribution in [0.5, 0.6) is 0 Å². The number of benzene rings is 1. The summed E-state index contributed by atoms with van der Waals surface area (Å²) >= 11 is 0. The van der Waals surface area contributed by atoms with E-state index in [-0.39, 0.29) is 4.90 Å². The SMILES string of the molecule is C=NS(=O)(=O)c1cccc(C=O)c1. The average molecular weight is 197 g/mol. The highest BCUT2D eigenvalue weighted by Gasteiger charge is 2.10. The highest BCUT2D eigenvalue weighted by molar-refractivity contribution is 7.90. The van der Waals surface area contributed by atoms with Gasteiger partial charge in [-0.05, 0) is 12.1 Å². The van der Waals surface area contributed by atoms with E-state index in [9.17, 15) is 13.2 Å². The van der Waals surface area contributed by atoms with E-state index < -0.39 is 10.0 Å². The van der Waals surface area contributed by atoms with Crippen LogP contribution in [-0.2, 0) is 10.0 Å². The van der Waals surface area contributed by atoms with Crippen LogP contribution in [0.15, 0.2) is 33.6 Å². The lowest BCUT2D eigenvalue weighted by Gasteiger charge is -1.97. The summed E-state index contributed by atoms with van der Waals surface area (Å²) in [6.07, 6.45) is 0.572. The third-order valence-electron chi connectivity index (χ3n) is 1.46. The zero-order valence-electron chi connectivity index (χ0n) is 6.67. The molecule has 0 saturated heterocycles. The fourth-order valence-corrected chi connectivity index (χ4v) is 1.51. The number of carbonyl (C=O) groups excluding carboxylic acids is 1. The molecule has 0 heterocycles. The van der Waals surface area contributed by atoms with Crippen LogP contribution in [0.25, 0.3) is 0 Å². The van der Waals surface area contributed by atoms with Crippen molar-refractivity contribution in [2.75, 3.05) is 0 Å². The van der Waals surface area contributed by atoms with E-state index in [0.29, 0.717) is 11.8 Å². The van der Waals surface area contributed by atoms with E-state index in [2.05, 4.69) is 11.1 Å². The summed E-state index contributed by atoms with van der Waals surface area (Å²) in [6, 6.07) is 5.59. The first kappa shape index (κ1) is 9.60. The molecule has 0 aromatic heterocycles. The zero-order valence-corrected chi connectivity index (χ0v) is 7.49. The Labute approximate surface area is 76.0 Å². The maximum atomic E-state index is 11.1. The third-order valence-corrected chi connectivity index (χ3v) is 2.65. The highest BCUT2D eigenvalue weighted by atomic mass is 32.2. The van der Waals surface area contributed by atoms with Gasteiger partial charge in [0.15, 0.2) is 0 Å². The average Bonchev–Trinajstić information content (AvgIpc) is 2.18. The fourth-order valence-electron chi connectivity index (χ4n) is 0.823. The Bertz CT molecular complexity index is 436. The summed E-state index contributed by atoms with van der Waals surface area (Å²) in [5.41, 5.74) is 0.296. The summed E-state index contributed by atoms with van der Waals surface area (Å²) in [7, 11) is -3.68. The van der Waals surface area contributed by atoms with Gasteiger partial charge in [0, 0.05) is 12.3 Å². The number of nitrogens with zero attached hydrogens (tertiary/aromatic N) is 1. The minimum absolute atomic E-state index is 0.0212. The number of sulfonamides is 1. The summed E-state index contributed by atoms with van der Waals surface area (Å²) in [6.45, 7) is 2.94. The second-order valence-electron chi connectivity index (χ2n) is 2.29. The third kappa shape index (κ3) is 2.00.